The third-order valence-electron chi connectivity index (χ3n) is 4.20. The molecular weight excluding hydrogens is 252 g/mol. The fourth-order valence-electron chi connectivity index (χ4n) is 3.08. The highest BCUT2D eigenvalue weighted by atomic mass is 16.5. The lowest BCUT2D eigenvalue weighted by Crippen LogP contribution is -2.32. The van der Waals surface area contributed by atoms with Gasteiger partial charge in [-0.1, -0.05) is 19.3 Å². The smallest absolute Gasteiger partial charge is 0.183 e. The van der Waals surface area contributed by atoms with Crippen LogP contribution < -0.4 is 15.2 Å². The summed E-state index contributed by atoms with van der Waals surface area (Å²) in [6, 6.07) is 4.70. The predicted molar refractivity (Wildman–Crippen MR) is 82.3 cm³/mol. The molecule has 1 aliphatic carbocycles. The van der Waals surface area contributed by atoms with Crippen LogP contribution in [0.1, 0.15) is 37.7 Å². The van der Waals surface area contributed by atoms with Gasteiger partial charge in [0.05, 0.1) is 19.9 Å². The third-order valence-corrected chi connectivity index (χ3v) is 4.20. The first-order valence-electron chi connectivity index (χ1n) is 7.36. The van der Waals surface area contributed by atoms with Crippen molar-refractivity contribution >= 4 is 5.69 Å². The first-order chi connectivity index (χ1) is 9.65. The Morgan fingerprint density at radius 3 is 2.45 bits per heavy atom. The highest BCUT2D eigenvalue weighted by molar-refractivity contribution is 5.62. The summed E-state index contributed by atoms with van der Waals surface area (Å²) in [6.07, 6.45) is 6.69. The van der Waals surface area contributed by atoms with E-state index in [9.17, 15) is 0 Å². The molecule has 1 saturated carbocycles. The molecule has 4 heteroatoms. The molecule has 0 unspecified atom stereocenters. The maximum Gasteiger partial charge on any atom is 0.183 e. The molecule has 0 radical (unpaired) electrons. The van der Waals surface area contributed by atoms with E-state index in [0.717, 1.165) is 6.54 Å². The number of nitrogens with two attached hydrogens (primary N) is 1. The van der Waals surface area contributed by atoms with Gasteiger partial charge in [-0.3, -0.25) is 4.90 Å². The monoisotopic (exact) mass is 278 g/mol. The number of benzene rings is 1. The lowest BCUT2D eigenvalue weighted by atomic mass is 9.94. The van der Waals surface area contributed by atoms with Gasteiger partial charge in [0.25, 0.3) is 0 Å². The first kappa shape index (κ1) is 15.0. The van der Waals surface area contributed by atoms with Crippen LogP contribution in [0, 0.1) is 0 Å². The molecule has 0 atom stereocenters. The maximum absolute atomic E-state index is 6.04. The molecule has 4 nitrogen and oxygen atoms in total. The standard InChI is InChI=1S/C16H26N2O2/c1-18(13-7-5-4-6-8-13)11-12-9-14(17)16(20-3)15(10-12)19-2/h9-10,13H,4-8,11,17H2,1-3H3. The van der Waals surface area contributed by atoms with Crippen molar-refractivity contribution in [2.45, 2.75) is 44.7 Å². The zero-order valence-corrected chi connectivity index (χ0v) is 12.8. The molecular formula is C16H26N2O2. The topological polar surface area (TPSA) is 47.7 Å². The van der Waals surface area contributed by atoms with Crippen molar-refractivity contribution in [3.05, 3.63) is 17.7 Å². The molecule has 2 N–H and O–H groups in total. The fraction of sp³-hybridized carbons (Fsp3) is 0.625. The van der Waals surface area contributed by atoms with Gasteiger partial charge in [0.1, 0.15) is 0 Å². The largest absolute Gasteiger partial charge is 0.493 e. The molecule has 0 bridgehead atoms. The Labute approximate surface area is 121 Å². The molecule has 1 aromatic rings. The summed E-state index contributed by atoms with van der Waals surface area (Å²) in [5, 5.41) is 0. The number of rotatable bonds is 5. The molecule has 1 fully saturated rings. The summed E-state index contributed by atoms with van der Waals surface area (Å²) in [4.78, 5) is 2.43. The summed E-state index contributed by atoms with van der Waals surface area (Å²) in [7, 11) is 5.46. The lowest BCUT2D eigenvalue weighted by Gasteiger charge is -2.31. The molecule has 112 valence electrons. The van der Waals surface area contributed by atoms with E-state index < -0.39 is 0 Å². The molecule has 2 rings (SSSR count). The average Bonchev–Trinajstić information content (AvgIpc) is 2.47. The highest BCUT2D eigenvalue weighted by Gasteiger charge is 2.19. The second kappa shape index (κ2) is 6.84. The van der Waals surface area contributed by atoms with Gasteiger partial charge in [0.15, 0.2) is 11.5 Å². The summed E-state index contributed by atoms with van der Waals surface area (Å²) in [6.45, 7) is 0.898. The van der Waals surface area contributed by atoms with E-state index in [1.807, 2.05) is 12.1 Å². The van der Waals surface area contributed by atoms with E-state index in [2.05, 4.69) is 11.9 Å². The summed E-state index contributed by atoms with van der Waals surface area (Å²) in [5.41, 5.74) is 7.85. The Morgan fingerprint density at radius 2 is 1.85 bits per heavy atom. The Balaban J connectivity index is 2.10. The molecule has 0 amide bonds. The SMILES string of the molecule is COc1cc(CN(C)C2CCCCC2)cc(N)c1OC. The van der Waals surface area contributed by atoms with Gasteiger partial charge in [-0.05, 0) is 37.6 Å². The number of hydrogen-bond donors (Lipinski definition) is 1. The number of methoxy groups -OCH3 is 2. The van der Waals surface area contributed by atoms with Gasteiger partial charge in [-0.2, -0.15) is 0 Å². The van der Waals surface area contributed by atoms with E-state index >= 15 is 0 Å². The Bertz CT molecular complexity index is 442. The number of ether oxygens (including phenoxy) is 2. The number of anilines is 1. The van der Waals surface area contributed by atoms with E-state index in [-0.39, 0.29) is 0 Å². The maximum atomic E-state index is 6.04. The van der Waals surface area contributed by atoms with Crippen molar-refractivity contribution in [3.63, 3.8) is 0 Å². The zero-order valence-electron chi connectivity index (χ0n) is 12.8. The minimum atomic E-state index is 0.622. The van der Waals surface area contributed by atoms with Crippen molar-refractivity contribution in [2.24, 2.45) is 0 Å². The van der Waals surface area contributed by atoms with Crippen LogP contribution in [0.25, 0.3) is 0 Å². The molecule has 1 aromatic carbocycles. The quantitative estimate of drug-likeness (QED) is 0.841. The van der Waals surface area contributed by atoms with Crippen LogP contribution in [0.15, 0.2) is 12.1 Å². The van der Waals surface area contributed by atoms with Crippen molar-refractivity contribution in [3.8, 4) is 11.5 Å². The van der Waals surface area contributed by atoms with Gasteiger partial charge in [-0.15, -0.1) is 0 Å². The van der Waals surface area contributed by atoms with E-state index in [1.165, 1.54) is 37.7 Å². The molecule has 1 aliphatic rings. The van der Waals surface area contributed by atoms with E-state index in [4.69, 9.17) is 15.2 Å². The summed E-state index contributed by atoms with van der Waals surface area (Å²) < 4.78 is 10.6. The normalized spacial score (nSPS) is 16.4. The van der Waals surface area contributed by atoms with Crippen LogP contribution >= 0.6 is 0 Å². The number of nitrogen functional groups attached to an aromatic ring is 1. The lowest BCUT2D eigenvalue weighted by molar-refractivity contribution is 0.184. The Hall–Kier alpha value is -1.42. The molecule has 0 saturated heterocycles. The van der Waals surface area contributed by atoms with Gasteiger partial charge < -0.3 is 15.2 Å². The van der Waals surface area contributed by atoms with Crippen LogP contribution in [0.5, 0.6) is 11.5 Å². The van der Waals surface area contributed by atoms with Crippen molar-refractivity contribution < 1.29 is 9.47 Å². The van der Waals surface area contributed by atoms with Gasteiger partial charge in [0, 0.05) is 12.6 Å². The minimum absolute atomic E-state index is 0.622. The predicted octanol–water partition coefficient (Wildman–Crippen LogP) is 3.05. The molecule has 0 aliphatic heterocycles. The van der Waals surface area contributed by atoms with E-state index in [0.29, 0.717) is 23.2 Å². The molecule has 0 aromatic heterocycles. The van der Waals surface area contributed by atoms with Crippen molar-refractivity contribution in [1.29, 1.82) is 0 Å². The third kappa shape index (κ3) is 3.37. The van der Waals surface area contributed by atoms with E-state index in [1.54, 1.807) is 14.2 Å². The zero-order chi connectivity index (χ0) is 14.5. The van der Waals surface area contributed by atoms with Crippen molar-refractivity contribution in [1.82, 2.24) is 4.90 Å². The van der Waals surface area contributed by atoms with Gasteiger partial charge in [-0.25, -0.2) is 0 Å². The van der Waals surface area contributed by atoms with Crippen LogP contribution in [0.4, 0.5) is 5.69 Å². The molecule has 20 heavy (non-hydrogen) atoms. The summed E-state index contributed by atoms with van der Waals surface area (Å²) in [5.74, 6) is 1.33. The van der Waals surface area contributed by atoms with Crippen LogP contribution in [-0.4, -0.2) is 32.2 Å². The Morgan fingerprint density at radius 1 is 1.15 bits per heavy atom. The van der Waals surface area contributed by atoms with Crippen molar-refractivity contribution in [2.75, 3.05) is 27.0 Å². The highest BCUT2D eigenvalue weighted by Crippen LogP contribution is 2.35. The fourth-order valence-corrected chi connectivity index (χ4v) is 3.08. The van der Waals surface area contributed by atoms with Crippen LogP contribution in [-0.2, 0) is 6.54 Å². The first-order valence-corrected chi connectivity index (χ1v) is 7.36. The average molecular weight is 278 g/mol. The second-order valence-electron chi connectivity index (χ2n) is 5.63. The number of hydrogen-bond acceptors (Lipinski definition) is 4. The number of nitrogens with zero attached hydrogens (tertiary/aromatic N) is 1. The van der Waals surface area contributed by atoms with Gasteiger partial charge in [0.2, 0.25) is 0 Å². The molecule has 0 heterocycles. The van der Waals surface area contributed by atoms with Crippen LogP contribution in [0.2, 0.25) is 0 Å². The van der Waals surface area contributed by atoms with Gasteiger partial charge >= 0.3 is 0 Å². The van der Waals surface area contributed by atoms with Crippen LogP contribution in [0.3, 0.4) is 0 Å². The minimum Gasteiger partial charge on any atom is -0.493 e. The second-order valence-corrected chi connectivity index (χ2v) is 5.63. The summed E-state index contributed by atoms with van der Waals surface area (Å²) >= 11 is 0. The molecule has 0 spiro atoms. The Kier molecular flexibility index (Phi) is 5.12.